The molecule has 0 bridgehead atoms. The predicted octanol–water partition coefficient (Wildman–Crippen LogP) is 2.20. The summed E-state index contributed by atoms with van der Waals surface area (Å²) in [7, 11) is 0. The molecule has 0 fully saturated rings. The minimum absolute atomic E-state index is 0.0227. The molecule has 3 heterocycles. The number of carbonyl (C=O) groups excluding carboxylic acids is 1. The SMILES string of the molecule is Cc1cc(O)c(C2=Nc3c(C(N)=O)cnn3C(c3ccccc3F)C2)c(=O)o1. The zero-order valence-corrected chi connectivity index (χ0v) is 14.7. The van der Waals surface area contributed by atoms with Gasteiger partial charge >= 0.3 is 5.63 Å². The lowest BCUT2D eigenvalue weighted by Gasteiger charge is -2.25. The van der Waals surface area contributed by atoms with Crippen molar-refractivity contribution in [2.75, 3.05) is 0 Å². The number of amides is 1. The number of carbonyl (C=O) groups is 1. The van der Waals surface area contributed by atoms with Gasteiger partial charge in [0.25, 0.3) is 5.91 Å². The van der Waals surface area contributed by atoms with E-state index in [4.69, 9.17) is 10.2 Å². The van der Waals surface area contributed by atoms with Crippen molar-refractivity contribution in [3.63, 3.8) is 0 Å². The summed E-state index contributed by atoms with van der Waals surface area (Å²) in [6.07, 6.45) is 1.30. The highest BCUT2D eigenvalue weighted by atomic mass is 19.1. The summed E-state index contributed by atoms with van der Waals surface area (Å²) in [6.45, 7) is 1.52. The van der Waals surface area contributed by atoms with Gasteiger partial charge in [0.15, 0.2) is 5.82 Å². The van der Waals surface area contributed by atoms with E-state index in [9.17, 15) is 19.1 Å². The summed E-state index contributed by atoms with van der Waals surface area (Å²) in [5, 5.41) is 14.4. The molecule has 0 radical (unpaired) electrons. The molecule has 1 aliphatic rings. The Morgan fingerprint density at radius 3 is 2.82 bits per heavy atom. The predicted molar refractivity (Wildman–Crippen MR) is 97.5 cm³/mol. The van der Waals surface area contributed by atoms with Gasteiger partial charge in [-0.05, 0) is 13.0 Å². The van der Waals surface area contributed by atoms with Crippen molar-refractivity contribution in [1.82, 2.24) is 9.78 Å². The van der Waals surface area contributed by atoms with Crippen LogP contribution >= 0.6 is 0 Å². The molecular formula is C19H15FN4O4. The molecule has 3 N–H and O–H groups in total. The van der Waals surface area contributed by atoms with E-state index in [1.807, 2.05) is 0 Å². The molecule has 1 aliphatic heterocycles. The maximum Gasteiger partial charge on any atom is 0.348 e. The van der Waals surface area contributed by atoms with E-state index in [-0.39, 0.29) is 40.6 Å². The smallest absolute Gasteiger partial charge is 0.348 e. The summed E-state index contributed by atoms with van der Waals surface area (Å²) in [4.78, 5) is 28.4. The first-order valence-electron chi connectivity index (χ1n) is 8.40. The van der Waals surface area contributed by atoms with E-state index in [0.717, 1.165) is 0 Å². The van der Waals surface area contributed by atoms with Crippen molar-refractivity contribution in [3.8, 4) is 5.75 Å². The van der Waals surface area contributed by atoms with Crippen LogP contribution in [0.4, 0.5) is 10.2 Å². The van der Waals surface area contributed by atoms with E-state index in [2.05, 4.69) is 10.1 Å². The van der Waals surface area contributed by atoms with E-state index >= 15 is 0 Å². The first-order chi connectivity index (χ1) is 13.4. The molecule has 0 saturated heterocycles. The Kier molecular flexibility index (Phi) is 4.07. The van der Waals surface area contributed by atoms with Crippen molar-refractivity contribution in [1.29, 1.82) is 0 Å². The quantitative estimate of drug-likeness (QED) is 0.719. The monoisotopic (exact) mass is 382 g/mol. The molecule has 9 heteroatoms. The normalized spacial score (nSPS) is 15.8. The summed E-state index contributed by atoms with van der Waals surface area (Å²) < 4.78 is 20.9. The highest BCUT2D eigenvalue weighted by Gasteiger charge is 2.32. The number of rotatable bonds is 3. The maximum atomic E-state index is 14.5. The van der Waals surface area contributed by atoms with E-state index in [0.29, 0.717) is 5.56 Å². The maximum absolute atomic E-state index is 14.5. The Hall–Kier alpha value is -3.75. The summed E-state index contributed by atoms with van der Waals surface area (Å²) in [5.74, 6) is -1.24. The largest absolute Gasteiger partial charge is 0.507 e. The third-order valence-corrected chi connectivity index (χ3v) is 4.56. The number of primary amides is 1. The first-order valence-corrected chi connectivity index (χ1v) is 8.40. The number of hydrogen-bond acceptors (Lipinski definition) is 6. The average Bonchev–Trinajstić information content (AvgIpc) is 3.05. The molecule has 28 heavy (non-hydrogen) atoms. The molecule has 0 spiro atoms. The number of hydrogen-bond donors (Lipinski definition) is 2. The number of benzene rings is 1. The fraction of sp³-hybridized carbons (Fsp3) is 0.158. The Balaban J connectivity index is 1.96. The van der Waals surface area contributed by atoms with Crippen LogP contribution in [0.5, 0.6) is 5.75 Å². The Labute approximate surface area is 157 Å². The van der Waals surface area contributed by atoms with Gasteiger partial charge in [-0.25, -0.2) is 18.9 Å². The van der Waals surface area contributed by atoms with Crippen molar-refractivity contribution in [2.24, 2.45) is 10.7 Å². The average molecular weight is 382 g/mol. The van der Waals surface area contributed by atoms with Crippen LogP contribution in [0, 0.1) is 12.7 Å². The molecule has 142 valence electrons. The van der Waals surface area contributed by atoms with Crippen LogP contribution in [0.15, 0.2) is 50.7 Å². The number of nitrogens with zero attached hydrogens (tertiary/aromatic N) is 3. The van der Waals surface area contributed by atoms with E-state index < -0.39 is 23.4 Å². The molecule has 8 nitrogen and oxygen atoms in total. The number of nitrogens with two attached hydrogens (primary N) is 1. The van der Waals surface area contributed by atoms with Crippen molar-refractivity contribution >= 4 is 17.4 Å². The van der Waals surface area contributed by atoms with Crippen LogP contribution in [0.25, 0.3) is 0 Å². The van der Waals surface area contributed by atoms with Gasteiger partial charge in [0, 0.05) is 18.1 Å². The van der Waals surface area contributed by atoms with Gasteiger partial charge in [-0.1, -0.05) is 18.2 Å². The van der Waals surface area contributed by atoms with Crippen LogP contribution in [0.2, 0.25) is 0 Å². The van der Waals surface area contributed by atoms with Gasteiger partial charge in [-0.15, -0.1) is 0 Å². The van der Waals surface area contributed by atoms with Crippen LogP contribution in [-0.2, 0) is 0 Å². The topological polar surface area (TPSA) is 124 Å². The number of halogens is 1. The molecule has 1 atom stereocenters. The van der Waals surface area contributed by atoms with Crippen LogP contribution in [0.1, 0.15) is 39.7 Å². The summed E-state index contributed by atoms with van der Waals surface area (Å²) in [5.41, 5.74) is 4.94. The summed E-state index contributed by atoms with van der Waals surface area (Å²) >= 11 is 0. The molecular weight excluding hydrogens is 367 g/mol. The zero-order chi connectivity index (χ0) is 20.0. The number of aliphatic imine (C=N–C) groups is 1. The molecule has 1 aromatic carbocycles. The van der Waals surface area contributed by atoms with E-state index in [1.54, 1.807) is 18.2 Å². The Morgan fingerprint density at radius 2 is 2.14 bits per heavy atom. The molecule has 0 aliphatic carbocycles. The van der Waals surface area contributed by atoms with Gasteiger partial charge in [0.1, 0.15) is 28.5 Å². The third kappa shape index (κ3) is 2.77. The fourth-order valence-electron chi connectivity index (χ4n) is 3.32. The minimum atomic E-state index is -0.780. The van der Waals surface area contributed by atoms with Crippen molar-refractivity contribution < 1.29 is 18.7 Å². The van der Waals surface area contributed by atoms with Gasteiger partial charge in [-0.3, -0.25) is 4.79 Å². The lowest BCUT2D eigenvalue weighted by atomic mass is 9.95. The summed E-state index contributed by atoms with van der Waals surface area (Å²) in [6, 6.07) is 6.69. The van der Waals surface area contributed by atoms with Crippen LogP contribution < -0.4 is 11.4 Å². The number of aromatic hydroxyl groups is 1. The Morgan fingerprint density at radius 1 is 1.39 bits per heavy atom. The highest BCUT2D eigenvalue weighted by molar-refractivity contribution is 6.06. The van der Waals surface area contributed by atoms with Gasteiger partial charge < -0.3 is 15.3 Å². The fourth-order valence-corrected chi connectivity index (χ4v) is 3.32. The van der Waals surface area contributed by atoms with Gasteiger partial charge in [-0.2, -0.15) is 5.10 Å². The standard InChI is InChI=1S/C19H15FN4O4/c1-9-6-15(25)16(19(27)28-9)13-7-14(10-4-2-3-5-12(10)20)24-18(23-13)11(8-22-24)17(21)26/h2-6,8,14,25H,7H2,1H3,(H2,21,26). The minimum Gasteiger partial charge on any atom is -0.507 e. The third-order valence-electron chi connectivity index (χ3n) is 4.56. The molecule has 1 amide bonds. The number of aromatic nitrogens is 2. The second-order valence-corrected chi connectivity index (χ2v) is 6.40. The molecule has 2 aromatic heterocycles. The van der Waals surface area contributed by atoms with Gasteiger partial charge in [0.05, 0.1) is 18.0 Å². The lowest BCUT2D eigenvalue weighted by Crippen LogP contribution is -2.26. The van der Waals surface area contributed by atoms with Crippen molar-refractivity contribution in [3.05, 3.63) is 75.2 Å². The second kappa shape index (κ2) is 6.45. The molecule has 4 rings (SSSR count). The van der Waals surface area contributed by atoms with Gasteiger partial charge in [0.2, 0.25) is 0 Å². The van der Waals surface area contributed by atoms with Crippen LogP contribution in [-0.4, -0.2) is 26.5 Å². The highest BCUT2D eigenvalue weighted by Crippen LogP contribution is 2.37. The van der Waals surface area contributed by atoms with Crippen molar-refractivity contribution in [2.45, 2.75) is 19.4 Å². The Bertz CT molecular complexity index is 1190. The first kappa shape index (κ1) is 17.7. The lowest BCUT2D eigenvalue weighted by molar-refractivity contribution is 0.100. The second-order valence-electron chi connectivity index (χ2n) is 6.40. The number of fused-ring (bicyclic) bond motifs is 1. The van der Waals surface area contributed by atoms with E-state index in [1.165, 1.54) is 29.9 Å². The molecule has 1 unspecified atom stereocenters. The number of aryl methyl sites for hydroxylation is 1. The molecule has 3 aromatic rings. The van der Waals surface area contributed by atoms with Crippen LogP contribution in [0.3, 0.4) is 0 Å². The molecule has 0 saturated carbocycles. The zero-order valence-electron chi connectivity index (χ0n) is 14.7.